The molecule has 2 aromatic rings. The maximum absolute atomic E-state index is 5.48. The number of terminal acetylenes is 1. The van der Waals surface area contributed by atoms with E-state index in [-0.39, 0.29) is 0 Å². The molecule has 1 aromatic carbocycles. The molecule has 0 unspecified atom stereocenters. The van der Waals surface area contributed by atoms with Gasteiger partial charge in [0.15, 0.2) is 0 Å². The lowest BCUT2D eigenvalue weighted by molar-refractivity contribution is 0.738. The molecular weight excluding hydrogens is 276 g/mol. The summed E-state index contributed by atoms with van der Waals surface area (Å²) in [4.78, 5) is 4.35. The normalized spacial score (nSPS) is 11.2. The highest BCUT2D eigenvalue weighted by Gasteiger charge is 2.15. The van der Waals surface area contributed by atoms with Crippen LogP contribution in [0, 0.1) is 12.3 Å². The van der Waals surface area contributed by atoms with Gasteiger partial charge in [-0.3, -0.25) is 0 Å². The largest absolute Gasteiger partial charge is 0.354 e. The summed E-state index contributed by atoms with van der Waals surface area (Å²) in [7, 11) is 0. The van der Waals surface area contributed by atoms with Crippen molar-refractivity contribution in [2.24, 2.45) is 0 Å². The molecule has 3 heteroatoms. The molecule has 0 radical (unpaired) electrons. The average Bonchev–Trinajstić information content (AvgIpc) is 2.30. The number of halogens is 1. The highest BCUT2D eigenvalue weighted by Crippen LogP contribution is 2.28. The summed E-state index contributed by atoms with van der Waals surface area (Å²) in [6.07, 6.45) is 7.26. The van der Waals surface area contributed by atoms with E-state index in [0.717, 1.165) is 21.1 Å². The molecule has 0 saturated heterocycles. The fourth-order valence-electron chi connectivity index (χ4n) is 1.60. The molecule has 1 heterocycles. The second kappa shape index (κ2) is 4.38. The first-order valence-corrected chi connectivity index (χ1v) is 6.12. The van der Waals surface area contributed by atoms with Gasteiger partial charge in [-0.15, -0.1) is 6.42 Å². The van der Waals surface area contributed by atoms with Crippen LogP contribution in [-0.4, -0.2) is 10.5 Å². The van der Waals surface area contributed by atoms with E-state index in [2.05, 4.69) is 32.2 Å². The maximum atomic E-state index is 5.48. The van der Waals surface area contributed by atoms with Gasteiger partial charge in [-0.05, 0) is 26.0 Å². The van der Waals surface area contributed by atoms with Crippen molar-refractivity contribution in [3.05, 3.63) is 34.9 Å². The zero-order valence-electron chi connectivity index (χ0n) is 9.79. The number of hydrogen-bond acceptors (Lipinski definition) is 2. The van der Waals surface area contributed by atoms with Gasteiger partial charge in [0.05, 0.1) is 5.54 Å². The zero-order valence-corrected chi connectivity index (χ0v) is 11.4. The Morgan fingerprint density at radius 2 is 2.06 bits per heavy atom. The molecule has 0 saturated carbocycles. The molecule has 0 aliphatic heterocycles. The molecule has 1 N–H and O–H groups in total. The molecule has 17 heavy (non-hydrogen) atoms. The molecule has 0 bridgehead atoms. The molecule has 2 rings (SSSR count). The van der Waals surface area contributed by atoms with Crippen LogP contribution in [0.4, 0.5) is 5.82 Å². The van der Waals surface area contributed by atoms with E-state index in [1.807, 2.05) is 38.1 Å². The molecule has 0 aliphatic carbocycles. The summed E-state index contributed by atoms with van der Waals surface area (Å²) in [5.41, 5.74) is -0.413. The summed E-state index contributed by atoms with van der Waals surface area (Å²) < 4.78 is 1.05. The predicted octanol–water partition coefficient (Wildman–Crippen LogP) is 3.82. The second-order valence-corrected chi connectivity index (χ2v) is 5.24. The Morgan fingerprint density at radius 1 is 1.29 bits per heavy atom. The van der Waals surface area contributed by atoms with Crippen LogP contribution in [0.5, 0.6) is 0 Å². The van der Waals surface area contributed by atoms with Crippen LogP contribution >= 0.6 is 15.9 Å². The first kappa shape index (κ1) is 11.9. The fraction of sp³-hybridized carbons (Fsp3) is 0.214. The molecule has 0 fully saturated rings. The van der Waals surface area contributed by atoms with Crippen LogP contribution in [-0.2, 0) is 0 Å². The number of rotatable bonds is 2. The number of nitrogens with zero attached hydrogens (tertiary/aromatic N) is 1. The van der Waals surface area contributed by atoms with E-state index in [4.69, 9.17) is 6.42 Å². The van der Waals surface area contributed by atoms with Gasteiger partial charge in [0.1, 0.15) is 5.82 Å². The van der Waals surface area contributed by atoms with Crippen molar-refractivity contribution >= 4 is 32.5 Å². The molecular formula is C14H13BrN2. The molecule has 0 atom stereocenters. The minimum absolute atomic E-state index is 0.413. The maximum Gasteiger partial charge on any atom is 0.135 e. The van der Waals surface area contributed by atoms with E-state index < -0.39 is 5.54 Å². The molecule has 0 spiro atoms. The summed E-state index contributed by atoms with van der Waals surface area (Å²) in [6, 6.07) is 8.01. The van der Waals surface area contributed by atoms with Crippen LogP contribution in [0.2, 0.25) is 0 Å². The topological polar surface area (TPSA) is 24.9 Å². The van der Waals surface area contributed by atoms with Crippen LogP contribution < -0.4 is 5.32 Å². The van der Waals surface area contributed by atoms with E-state index in [9.17, 15) is 0 Å². The number of aromatic nitrogens is 1. The third kappa shape index (κ3) is 2.42. The van der Waals surface area contributed by atoms with Crippen molar-refractivity contribution in [2.75, 3.05) is 5.32 Å². The van der Waals surface area contributed by atoms with Crippen molar-refractivity contribution in [1.82, 2.24) is 4.98 Å². The number of fused-ring (bicyclic) bond motifs is 1. The van der Waals surface area contributed by atoms with E-state index in [0.29, 0.717) is 0 Å². The van der Waals surface area contributed by atoms with Gasteiger partial charge in [0.2, 0.25) is 0 Å². The van der Waals surface area contributed by atoms with Crippen molar-refractivity contribution in [1.29, 1.82) is 0 Å². The Bertz CT molecular complexity index is 597. The van der Waals surface area contributed by atoms with Gasteiger partial charge in [0.25, 0.3) is 0 Å². The highest BCUT2D eigenvalue weighted by atomic mass is 79.9. The van der Waals surface area contributed by atoms with Crippen LogP contribution in [0.3, 0.4) is 0 Å². The third-order valence-corrected chi connectivity index (χ3v) is 3.24. The van der Waals surface area contributed by atoms with Crippen molar-refractivity contribution in [3.63, 3.8) is 0 Å². The quantitative estimate of drug-likeness (QED) is 0.850. The molecule has 0 aliphatic rings. The summed E-state index contributed by atoms with van der Waals surface area (Å²) in [5, 5.41) is 5.45. The van der Waals surface area contributed by atoms with E-state index in [1.54, 1.807) is 6.20 Å². The molecule has 0 amide bonds. The van der Waals surface area contributed by atoms with E-state index in [1.165, 1.54) is 0 Å². The lowest BCUT2D eigenvalue weighted by Crippen LogP contribution is -2.29. The highest BCUT2D eigenvalue weighted by molar-refractivity contribution is 9.10. The number of pyridine rings is 1. The number of benzene rings is 1. The van der Waals surface area contributed by atoms with Crippen LogP contribution in [0.1, 0.15) is 13.8 Å². The Balaban J connectivity index is 2.57. The first-order valence-electron chi connectivity index (χ1n) is 5.33. The third-order valence-electron chi connectivity index (χ3n) is 2.54. The number of hydrogen-bond donors (Lipinski definition) is 1. The van der Waals surface area contributed by atoms with Crippen molar-refractivity contribution in [2.45, 2.75) is 19.4 Å². The average molecular weight is 289 g/mol. The SMILES string of the molecule is C#CC(C)(C)Nc1nccc2c(Br)cccc12. The van der Waals surface area contributed by atoms with Gasteiger partial charge in [-0.2, -0.15) is 0 Å². The first-order chi connectivity index (χ1) is 8.03. The fourth-order valence-corrected chi connectivity index (χ4v) is 2.10. The second-order valence-electron chi connectivity index (χ2n) is 4.39. The van der Waals surface area contributed by atoms with Crippen molar-refractivity contribution < 1.29 is 0 Å². The molecule has 86 valence electrons. The Labute approximate surface area is 110 Å². The van der Waals surface area contributed by atoms with Gasteiger partial charge < -0.3 is 5.32 Å². The minimum Gasteiger partial charge on any atom is -0.354 e. The van der Waals surface area contributed by atoms with E-state index >= 15 is 0 Å². The lowest BCUT2D eigenvalue weighted by Gasteiger charge is -2.21. The standard InChI is InChI=1S/C14H13BrN2/c1-4-14(2,3)17-13-11-6-5-7-12(15)10(11)8-9-16-13/h1,5-9H,2-3H3,(H,16,17). The summed E-state index contributed by atoms with van der Waals surface area (Å²) in [6.45, 7) is 3.90. The summed E-state index contributed by atoms with van der Waals surface area (Å²) >= 11 is 3.53. The van der Waals surface area contributed by atoms with Crippen molar-refractivity contribution in [3.8, 4) is 12.3 Å². The smallest absolute Gasteiger partial charge is 0.135 e. The zero-order chi connectivity index (χ0) is 12.5. The Hall–Kier alpha value is -1.53. The lowest BCUT2D eigenvalue weighted by atomic mass is 10.1. The van der Waals surface area contributed by atoms with Crippen LogP contribution in [0.15, 0.2) is 34.9 Å². The number of anilines is 1. The van der Waals surface area contributed by atoms with Crippen LogP contribution in [0.25, 0.3) is 10.8 Å². The molecule has 1 aromatic heterocycles. The van der Waals surface area contributed by atoms with Gasteiger partial charge in [-0.1, -0.05) is 34.0 Å². The van der Waals surface area contributed by atoms with Gasteiger partial charge in [-0.25, -0.2) is 4.98 Å². The molecule has 2 nitrogen and oxygen atoms in total. The number of nitrogens with one attached hydrogen (secondary N) is 1. The Morgan fingerprint density at radius 3 is 2.76 bits per heavy atom. The Kier molecular flexibility index (Phi) is 3.08. The summed E-state index contributed by atoms with van der Waals surface area (Å²) in [5.74, 6) is 3.52. The van der Waals surface area contributed by atoms with Gasteiger partial charge in [0, 0.05) is 21.4 Å². The monoisotopic (exact) mass is 288 g/mol. The predicted molar refractivity (Wildman–Crippen MR) is 76.0 cm³/mol. The minimum atomic E-state index is -0.413. The van der Waals surface area contributed by atoms with Gasteiger partial charge >= 0.3 is 0 Å².